The Labute approximate surface area is 196 Å². The van der Waals surface area contributed by atoms with Crippen LogP contribution in [-0.2, 0) is 17.9 Å². The molecule has 0 bridgehead atoms. The molecule has 2 aromatic carbocycles. The van der Waals surface area contributed by atoms with Crippen molar-refractivity contribution in [1.29, 1.82) is 0 Å². The second kappa shape index (κ2) is 11.7. The molecule has 9 nitrogen and oxygen atoms in total. The molecule has 0 saturated carbocycles. The lowest BCUT2D eigenvalue weighted by Gasteiger charge is -2.10. The Balaban J connectivity index is 1.59. The van der Waals surface area contributed by atoms with Crippen LogP contribution in [0.4, 0.5) is 5.69 Å². The van der Waals surface area contributed by atoms with Crippen molar-refractivity contribution in [2.45, 2.75) is 18.2 Å². The molecule has 0 saturated heterocycles. The fraction of sp³-hybridized carbons (Fsp3) is 0.217. The first kappa shape index (κ1) is 23.9. The van der Waals surface area contributed by atoms with Gasteiger partial charge in [0.2, 0.25) is 5.91 Å². The molecule has 2 amide bonds. The molecule has 3 aromatic rings. The highest BCUT2D eigenvalue weighted by atomic mass is 32.2. The quantitative estimate of drug-likeness (QED) is 0.329. The SMILES string of the molecule is C=CCn1c(CNC(=O)c2ccc(OC)cc2)nnc1SCC(=O)Nc1cccc(OC)c1. The molecule has 1 aromatic heterocycles. The third kappa shape index (κ3) is 6.59. The van der Waals surface area contributed by atoms with Crippen LogP contribution in [0.1, 0.15) is 16.2 Å². The topological polar surface area (TPSA) is 107 Å². The van der Waals surface area contributed by atoms with Crippen LogP contribution in [-0.4, -0.2) is 46.6 Å². The zero-order valence-electron chi connectivity index (χ0n) is 18.4. The largest absolute Gasteiger partial charge is 0.497 e. The number of hydrogen-bond donors (Lipinski definition) is 2. The number of amides is 2. The Morgan fingerprint density at radius 2 is 1.85 bits per heavy atom. The van der Waals surface area contributed by atoms with E-state index >= 15 is 0 Å². The van der Waals surface area contributed by atoms with Crippen LogP contribution in [0.5, 0.6) is 11.5 Å². The van der Waals surface area contributed by atoms with E-state index in [1.54, 1.807) is 68.8 Å². The van der Waals surface area contributed by atoms with Gasteiger partial charge >= 0.3 is 0 Å². The van der Waals surface area contributed by atoms with Crippen LogP contribution < -0.4 is 20.1 Å². The van der Waals surface area contributed by atoms with E-state index in [2.05, 4.69) is 27.4 Å². The number of allylic oxidation sites excluding steroid dienone is 1. The monoisotopic (exact) mass is 467 g/mol. The van der Waals surface area contributed by atoms with Gasteiger partial charge in [-0.2, -0.15) is 0 Å². The average Bonchev–Trinajstić information content (AvgIpc) is 3.23. The number of aromatic nitrogens is 3. The number of anilines is 1. The second-order valence-electron chi connectivity index (χ2n) is 6.78. The molecule has 2 N–H and O–H groups in total. The Hall–Kier alpha value is -3.79. The minimum Gasteiger partial charge on any atom is -0.497 e. The Kier molecular flexibility index (Phi) is 8.48. The zero-order chi connectivity index (χ0) is 23.6. The third-order valence-electron chi connectivity index (χ3n) is 4.55. The summed E-state index contributed by atoms with van der Waals surface area (Å²) in [6.07, 6.45) is 1.71. The molecule has 172 valence electrons. The van der Waals surface area contributed by atoms with Gasteiger partial charge in [0.25, 0.3) is 5.91 Å². The summed E-state index contributed by atoms with van der Waals surface area (Å²) in [5.74, 6) is 1.62. The van der Waals surface area contributed by atoms with E-state index in [1.165, 1.54) is 11.8 Å². The molecule has 0 spiro atoms. The Bertz CT molecular complexity index is 1110. The lowest BCUT2D eigenvalue weighted by Crippen LogP contribution is -2.24. The molecule has 3 rings (SSSR count). The van der Waals surface area contributed by atoms with Gasteiger partial charge in [-0.15, -0.1) is 16.8 Å². The number of carbonyl (C=O) groups is 2. The maximum absolute atomic E-state index is 12.4. The average molecular weight is 468 g/mol. The lowest BCUT2D eigenvalue weighted by atomic mass is 10.2. The minimum absolute atomic E-state index is 0.144. The summed E-state index contributed by atoms with van der Waals surface area (Å²) in [6, 6.07) is 13.9. The predicted molar refractivity (Wildman–Crippen MR) is 127 cm³/mol. The van der Waals surface area contributed by atoms with Gasteiger partial charge < -0.3 is 24.7 Å². The van der Waals surface area contributed by atoms with Crippen LogP contribution in [0.15, 0.2) is 66.3 Å². The first-order valence-corrected chi connectivity index (χ1v) is 11.0. The van der Waals surface area contributed by atoms with Crippen molar-refractivity contribution in [3.63, 3.8) is 0 Å². The van der Waals surface area contributed by atoms with Gasteiger partial charge in [0, 0.05) is 23.9 Å². The van der Waals surface area contributed by atoms with Crippen molar-refractivity contribution in [2.24, 2.45) is 0 Å². The van der Waals surface area contributed by atoms with Crippen molar-refractivity contribution >= 4 is 29.3 Å². The number of benzene rings is 2. The maximum atomic E-state index is 12.4. The van der Waals surface area contributed by atoms with Crippen molar-refractivity contribution in [1.82, 2.24) is 20.1 Å². The van der Waals surface area contributed by atoms with Gasteiger partial charge in [0.15, 0.2) is 11.0 Å². The molecule has 10 heteroatoms. The number of carbonyl (C=O) groups excluding carboxylic acids is 2. The summed E-state index contributed by atoms with van der Waals surface area (Å²) in [5, 5.41) is 14.6. The number of ether oxygens (including phenoxy) is 2. The van der Waals surface area contributed by atoms with Crippen LogP contribution in [0, 0.1) is 0 Å². The van der Waals surface area contributed by atoms with Gasteiger partial charge in [0.1, 0.15) is 11.5 Å². The van der Waals surface area contributed by atoms with Crippen molar-refractivity contribution in [2.75, 3.05) is 25.3 Å². The van der Waals surface area contributed by atoms with Crippen molar-refractivity contribution < 1.29 is 19.1 Å². The maximum Gasteiger partial charge on any atom is 0.251 e. The summed E-state index contributed by atoms with van der Waals surface area (Å²) in [6.45, 7) is 4.40. The van der Waals surface area contributed by atoms with Gasteiger partial charge in [-0.1, -0.05) is 23.9 Å². The molecule has 0 aliphatic heterocycles. The molecule has 1 heterocycles. The standard InChI is InChI=1S/C23H25N5O4S/c1-4-12-28-20(14-24-22(30)16-8-10-18(31-2)11-9-16)26-27-23(28)33-15-21(29)25-17-6-5-7-19(13-17)32-3/h4-11,13H,1,12,14-15H2,2-3H3,(H,24,30)(H,25,29). The minimum atomic E-state index is -0.238. The first-order valence-electron chi connectivity index (χ1n) is 10.1. The fourth-order valence-corrected chi connectivity index (χ4v) is 3.67. The summed E-state index contributed by atoms with van der Waals surface area (Å²) < 4.78 is 12.1. The van der Waals surface area contributed by atoms with E-state index in [9.17, 15) is 9.59 Å². The molecule has 0 radical (unpaired) electrons. The molecule has 33 heavy (non-hydrogen) atoms. The highest BCUT2D eigenvalue weighted by Crippen LogP contribution is 2.20. The van der Waals surface area contributed by atoms with E-state index < -0.39 is 0 Å². The number of nitrogens with one attached hydrogen (secondary N) is 2. The van der Waals surface area contributed by atoms with Crippen molar-refractivity contribution in [3.05, 3.63) is 72.6 Å². The molecule has 0 fully saturated rings. The zero-order valence-corrected chi connectivity index (χ0v) is 19.2. The summed E-state index contributed by atoms with van der Waals surface area (Å²) in [4.78, 5) is 24.8. The summed E-state index contributed by atoms with van der Waals surface area (Å²) in [7, 11) is 3.14. The predicted octanol–water partition coefficient (Wildman–Crippen LogP) is 3.14. The fourth-order valence-electron chi connectivity index (χ4n) is 2.90. The van der Waals surface area contributed by atoms with Gasteiger partial charge in [-0.05, 0) is 36.4 Å². The van der Waals surface area contributed by atoms with Gasteiger partial charge in [0.05, 0.1) is 26.5 Å². The third-order valence-corrected chi connectivity index (χ3v) is 5.52. The van der Waals surface area contributed by atoms with E-state index in [0.717, 1.165) is 0 Å². The smallest absolute Gasteiger partial charge is 0.251 e. The number of methoxy groups -OCH3 is 2. The van der Waals surface area contributed by atoms with Gasteiger partial charge in [-0.3, -0.25) is 9.59 Å². The van der Waals surface area contributed by atoms with Crippen LogP contribution in [0.2, 0.25) is 0 Å². The summed E-state index contributed by atoms with van der Waals surface area (Å²) >= 11 is 1.25. The highest BCUT2D eigenvalue weighted by molar-refractivity contribution is 7.99. The number of nitrogens with zero attached hydrogens (tertiary/aromatic N) is 3. The highest BCUT2D eigenvalue weighted by Gasteiger charge is 2.15. The molecule has 0 aliphatic rings. The molecular weight excluding hydrogens is 442 g/mol. The van der Waals surface area contributed by atoms with E-state index in [1.807, 2.05) is 4.57 Å². The molecule has 0 atom stereocenters. The van der Waals surface area contributed by atoms with Crippen molar-refractivity contribution in [3.8, 4) is 11.5 Å². The molecular formula is C23H25N5O4S. The molecule has 0 unspecified atom stereocenters. The van der Waals surface area contributed by atoms with Gasteiger partial charge in [-0.25, -0.2) is 0 Å². The summed E-state index contributed by atoms with van der Waals surface area (Å²) in [5.41, 5.74) is 1.16. The Morgan fingerprint density at radius 3 is 2.55 bits per heavy atom. The normalized spacial score (nSPS) is 10.4. The van der Waals surface area contributed by atoms with E-state index in [4.69, 9.17) is 9.47 Å². The van der Waals surface area contributed by atoms with Crippen LogP contribution in [0.25, 0.3) is 0 Å². The number of thioether (sulfide) groups is 1. The second-order valence-corrected chi connectivity index (χ2v) is 7.72. The van der Waals surface area contributed by atoms with Crippen LogP contribution >= 0.6 is 11.8 Å². The molecule has 0 aliphatic carbocycles. The Morgan fingerprint density at radius 1 is 1.09 bits per heavy atom. The number of hydrogen-bond acceptors (Lipinski definition) is 7. The van der Waals surface area contributed by atoms with E-state index in [0.29, 0.717) is 40.3 Å². The first-order chi connectivity index (χ1) is 16.0. The van der Waals surface area contributed by atoms with E-state index in [-0.39, 0.29) is 24.1 Å². The number of rotatable bonds is 11. The lowest BCUT2D eigenvalue weighted by molar-refractivity contribution is -0.113. The van der Waals surface area contributed by atoms with Crippen LogP contribution in [0.3, 0.4) is 0 Å².